The van der Waals surface area contributed by atoms with E-state index >= 15 is 0 Å². The lowest BCUT2D eigenvalue weighted by molar-refractivity contribution is 0.208. The normalized spacial score (nSPS) is 12.0. The van der Waals surface area contributed by atoms with Crippen LogP contribution < -0.4 is 9.47 Å². The average Bonchev–Trinajstić information content (AvgIpc) is 2.51. The van der Waals surface area contributed by atoms with E-state index in [1.807, 2.05) is 50.2 Å². The van der Waals surface area contributed by atoms with E-state index in [1.165, 1.54) is 0 Å². The molecule has 3 nitrogen and oxygen atoms in total. The van der Waals surface area contributed by atoms with Gasteiger partial charge in [-0.05, 0) is 53.0 Å². The van der Waals surface area contributed by atoms with Crippen molar-refractivity contribution in [1.82, 2.24) is 0 Å². The Labute approximate surface area is 133 Å². The van der Waals surface area contributed by atoms with Crippen LogP contribution in [0.4, 0.5) is 0 Å². The van der Waals surface area contributed by atoms with E-state index in [9.17, 15) is 5.11 Å². The number of halogens is 1. The zero-order valence-electron chi connectivity index (χ0n) is 12.2. The zero-order chi connectivity index (χ0) is 15.2. The second-order valence-corrected chi connectivity index (χ2v) is 5.52. The molecule has 0 aliphatic carbocycles. The van der Waals surface area contributed by atoms with Crippen molar-refractivity contribution in [3.05, 3.63) is 58.1 Å². The van der Waals surface area contributed by atoms with E-state index in [-0.39, 0.29) is 12.7 Å². The number of hydrogen-bond donors (Lipinski definition) is 1. The highest BCUT2D eigenvalue weighted by atomic mass is 79.9. The fourth-order valence-corrected chi connectivity index (χ4v) is 2.64. The third-order valence-electron chi connectivity index (χ3n) is 3.12. The molecule has 1 atom stereocenters. The van der Waals surface area contributed by atoms with Crippen molar-refractivity contribution < 1.29 is 14.6 Å². The van der Waals surface area contributed by atoms with Gasteiger partial charge in [0.15, 0.2) is 11.5 Å². The molecule has 1 N–H and O–H groups in total. The Hall–Kier alpha value is -1.52. The van der Waals surface area contributed by atoms with Gasteiger partial charge in [0.1, 0.15) is 6.10 Å². The highest BCUT2D eigenvalue weighted by Gasteiger charge is 2.16. The molecule has 4 heteroatoms. The third kappa shape index (κ3) is 3.99. The Kier molecular flexibility index (Phi) is 5.65. The van der Waals surface area contributed by atoms with Gasteiger partial charge in [0.05, 0.1) is 17.7 Å². The van der Waals surface area contributed by atoms with E-state index in [2.05, 4.69) is 15.9 Å². The molecule has 0 fully saturated rings. The summed E-state index contributed by atoms with van der Waals surface area (Å²) in [5.74, 6) is 1.30. The Morgan fingerprint density at radius 3 is 2.52 bits per heavy atom. The zero-order valence-corrected chi connectivity index (χ0v) is 13.8. The molecular formula is C17H19BrO3. The summed E-state index contributed by atoms with van der Waals surface area (Å²) in [4.78, 5) is 0. The highest BCUT2D eigenvalue weighted by Crippen LogP contribution is 2.39. The molecule has 0 aliphatic heterocycles. The maximum atomic E-state index is 9.29. The predicted molar refractivity (Wildman–Crippen MR) is 86.7 cm³/mol. The second kappa shape index (κ2) is 7.48. The number of rotatable bonds is 6. The monoisotopic (exact) mass is 350 g/mol. The van der Waals surface area contributed by atoms with Gasteiger partial charge in [-0.1, -0.05) is 30.3 Å². The van der Waals surface area contributed by atoms with Crippen LogP contribution in [-0.4, -0.2) is 11.7 Å². The topological polar surface area (TPSA) is 38.7 Å². The van der Waals surface area contributed by atoms with Crippen molar-refractivity contribution in [3.8, 4) is 11.5 Å². The van der Waals surface area contributed by atoms with Crippen LogP contribution in [0.2, 0.25) is 0 Å². The van der Waals surface area contributed by atoms with Gasteiger partial charge in [-0.15, -0.1) is 0 Å². The summed E-state index contributed by atoms with van der Waals surface area (Å²) in [5.41, 5.74) is 1.88. The average molecular weight is 351 g/mol. The maximum Gasteiger partial charge on any atom is 0.176 e. The van der Waals surface area contributed by atoms with Gasteiger partial charge < -0.3 is 14.6 Å². The van der Waals surface area contributed by atoms with Crippen LogP contribution in [0.25, 0.3) is 0 Å². The summed E-state index contributed by atoms with van der Waals surface area (Å²) < 4.78 is 12.5. The van der Waals surface area contributed by atoms with Crippen molar-refractivity contribution >= 4 is 15.9 Å². The largest absolute Gasteiger partial charge is 0.490 e. The summed E-state index contributed by atoms with van der Waals surface area (Å²) in [6, 6.07) is 13.7. The van der Waals surface area contributed by atoms with Crippen LogP contribution >= 0.6 is 15.9 Å². The minimum Gasteiger partial charge on any atom is -0.490 e. The Bertz CT molecular complexity index is 584. The molecule has 2 aromatic carbocycles. The van der Waals surface area contributed by atoms with Crippen LogP contribution in [0.3, 0.4) is 0 Å². The van der Waals surface area contributed by atoms with Gasteiger partial charge >= 0.3 is 0 Å². The number of aliphatic hydroxyl groups is 1. The molecule has 2 rings (SSSR count). The van der Waals surface area contributed by atoms with Crippen LogP contribution in [0.5, 0.6) is 11.5 Å². The molecule has 0 radical (unpaired) electrons. The molecule has 0 spiro atoms. The van der Waals surface area contributed by atoms with E-state index < -0.39 is 0 Å². The summed E-state index contributed by atoms with van der Waals surface area (Å²) in [7, 11) is 0. The van der Waals surface area contributed by atoms with Gasteiger partial charge in [0.2, 0.25) is 0 Å². The van der Waals surface area contributed by atoms with Crippen LogP contribution in [0, 0.1) is 0 Å². The van der Waals surface area contributed by atoms with Crippen LogP contribution in [0.1, 0.15) is 31.1 Å². The molecule has 112 valence electrons. The van der Waals surface area contributed by atoms with E-state index in [0.29, 0.717) is 18.1 Å². The quantitative estimate of drug-likeness (QED) is 0.834. The van der Waals surface area contributed by atoms with Crippen molar-refractivity contribution in [2.45, 2.75) is 26.6 Å². The number of hydrogen-bond acceptors (Lipinski definition) is 3. The van der Waals surface area contributed by atoms with Crippen molar-refractivity contribution in [3.63, 3.8) is 0 Å². The van der Waals surface area contributed by atoms with Crippen LogP contribution in [0.15, 0.2) is 46.9 Å². The van der Waals surface area contributed by atoms with Gasteiger partial charge in [-0.25, -0.2) is 0 Å². The molecule has 0 heterocycles. The van der Waals surface area contributed by atoms with E-state index in [4.69, 9.17) is 9.47 Å². The lowest BCUT2D eigenvalue weighted by Crippen LogP contribution is -2.06. The summed E-state index contributed by atoms with van der Waals surface area (Å²) in [6.45, 7) is 4.42. The van der Waals surface area contributed by atoms with Gasteiger partial charge in [0, 0.05) is 0 Å². The minimum atomic E-state index is -0.0957. The van der Waals surface area contributed by atoms with Gasteiger partial charge in [-0.2, -0.15) is 0 Å². The molecule has 0 saturated carbocycles. The predicted octanol–water partition coefficient (Wildman–Crippen LogP) is 4.48. The standard InChI is InChI=1S/C17H19BrO3/c1-3-20-16-10-13(11-19)9-15(18)17(16)21-12(2)14-7-5-4-6-8-14/h4-10,12,19H,3,11H2,1-2H3. The highest BCUT2D eigenvalue weighted by molar-refractivity contribution is 9.10. The van der Waals surface area contributed by atoms with Crippen molar-refractivity contribution in [2.24, 2.45) is 0 Å². The fourth-order valence-electron chi connectivity index (χ4n) is 2.06. The summed E-state index contributed by atoms with van der Waals surface area (Å²) in [6.07, 6.45) is -0.0957. The maximum absolute atomic E-state index is 9.29. The SMILES string of the molecule is CCOc1cc(CO)cc(Br)c1OC(C)c1ccccc1. The number of benzene rings is 2. The lowest BCUT2D eigenvalue weighted by atomic mass is 10.1. The van der Waals surface area contributed by atoms with Crippen LogP contribution in [-0.2, 0) is 6.61 Å². The molecule has 2 aromatic rings. The molecule has 1 unspecified atom stereocenters. The first-order valence-corrected chi connectivity index (χ1v) is 7.72. The molecule has 0 aromatic heterocycles. The van der Waals surface area contributed by atoms with E-state index in [0.717, 1.165) is 15.6 Å². The third-order valence-corrected chi connectivity index (χ3v) is 3.70. The van der Waals surface area contributed by atoms with Crippen molar-refractivity contribution in [1.29, 1.82) is 0 Å². The Morgan fingerprint density at radius 1 is 1.19 bits per heavy atom. The molecule has 21 heavy (non-hydrogen) atoms. The first-order valence-electron chi connectivity index (χ1n) is 6.93. The van der Waals surface area contributed by atoms with Gasteiger partial charge in [0.25, 0.3) is 0 Å². The number of aliphatic hydroxyl groups excluding tert-OH is 1. The van der Waals surface area contributed by atoms with Crippen molar-refractivity contribution in [2.75, 3.05) is 6.61 Å². The smallest absolute Gasteiger partial charge is 0.176 e. The lowest BCUT2D eigenvalue weighted by Gasteiger charge is -2.19. The number of ether oxygens (including phenoxy) is 2. The molecule has 0 saturated heterocycles. The minimum absolute atomic E-state index is 0.0345. The Morgan fingerprint density at radius 2 is 1.90 bits per heavy atom. The summed E-state index contributed by atoms with van der Waals surface area (Å²) in [5, 5.41) is 9.29. The molecule has 0 aliphatic rings. The van der Waals surface area contributed by atoms with Gasteiger partial charge in [-0.3, -0.25) is 0 Å². The van der Waals surface area contributed by atoms with E-state index in [1.54, 1.807) is 6.07 Å². The first-order chi connectivity index (χ1) is 10.2. The second-order valence-electron chi connectivity index (χ2n) is 4.67. The summed E-state index contributed by atoms with van der Waals surface area (Å²) >= 11 is 3.49. The molecule has 0 amide bonds. The molecular weight excluding hydrogens is 332 g/mol. The Balaban J connectivity index is 2.30. The molecule has 0 bridgehead atoms. The first kappa shape index (κ1) is 15.9. The fraction of sp³-hybridized carbons (Fsp3) is 0.294.